The maximum Gasteiger partial charge on any atom is 0.251 e. The number of rotatable bonds is 7. The molecule has 29 heavy (non-hydrogen) atoms. The minimum absolute atomic E-state index is 0.0742. The maximum absolute atomic E-state index is 12.8. The van der Waals surface area contributed by atoms with E-state index >= 15 is 0 Å². The summed E-state index contributed by atoms with van der Waals surface area (Å²) in [5.41, 5.74) is 1.84. The third kappa shape index (κ3) is 5.65. The van der Waals surface area contributed by atoms with Crippen molar-refractivity contribution in [1.82, 2.24) is 9.62 Å². The van der Waals surface area contributed by atoms with Gasteiger partial charge in [-0.3, -0.25) is 9.59 Å². The lowest BCUT2D eigenvalue weighted by Crippen LogP contribution is -2.47. The summed E-state index contributed by atoms with van der Waals surface area (Å²) >= 11 is 0. The number of sulfonamides is 1. The van der Waals surface area contributed by atoms with Crippen LogP contribution in [-0.2, 0) is 14.8 Å². The van der Waals surface area contributed by atoms with E-state index in [1.165, 1.54) is 26.2 Å². The first-order valence-electron chi connectivity index (χ1n) is 9.23. The van der Waals surface area contributed by atoms with Crippen LogP contribution in [0.25, 0.3) is 0 Å². The molecule has 156 valence electrons. The SMILES string of the molecule is Cc1ccc(C(=O)NC(C(=O)Nc2cccc(S(=O)(=O)N(C)C)c2)C(C)C)cc1. The highest BCUT2D eigenvalue weighted by atomic mass is 32.2. The molecule has 0 fully saturated rings. The molecule has 1 atom stereocenters. The molecule has 0 saturated heterocycles. The monoisotopic (exact) mass is 417 g/mol. The van der Waals surface area contributed by atoms with E-state index in [0.717, 1.165) is 9.87 Å². The fraction of sp³-hybridized carbons (Fsp3) is 0.333. The lowest BCUT2D eigenvalue weighted by Gasteiger charge is -2.22. The van der Waals surface area contributed by atoms with Gasteiger partial charge in [0, 0.05) is 25.3 Å². The van der Waals surface area contributed by atoms with E-state index in [4.69, 9.17) is 0 Å². The van der Waals surface area contributed by atoms with Gasteiger partial charge < -0.3 is 10.6 Å². The second-order valence-corrected chi connectivity index (χ2v) is 9.52. The van der Waals surface area contributed by atoms with Gasteiger partial charge in [0.2, 0.25) is 15.9 Å². The van der Waals surface area contributed by atoms with Crippen LogP contribution in [-0.4, -0.2) is 44.7 Å². The topological polar surface area (TPSA) is 95.6 Å². The van der Waals surface area contributed by atoms with E-state index in [1.54, 1.807) is 24.3 Å². The Hall–Kier alpha value is -2.71. The van der Waals surface area contributed by atoms with Crippen LogP contribution in [0.4, 0.5) is 5.69 Å². The highest BCUT2D eigenvalue weighted by Crippen LogP contribution is 2.19. The number of benzene rings is 2. The Morgan fingerprint density at radius 3 is 2.17 bits per heavy atom. The summed E-state index contributed by atoms with van der Waals surface area (Å²) in [7, 11) is -0.737. The minimum Gasteiger partial charge on any atom is -0.340 e. The van der Waals surface area contributed by atoms with Crippen molar-refractivity contribution in [1.29, 1.82) is 0 Å². The Morgan fingerprint density at radius 1 is 1.00 bits per heavy atom. The Morgan fingerprint density at radius 2 is 1.62 bits per heavy atom. The first-order chi connectivity index (χ1) is 13.5. The second kappa shape index (κ2) is 9.19. The number of aryl methyl sites for hydroxylation is 1. The Kier molecular flexibility index (Phi) is 7.16. The molecule has 0 spiro atoms. The summed E-state index contributed by atoms with van der Waals surface area (Å²) in [6, 6.07) is 12.3. The fourth-order valence-electron chi connectivity index (χ4n) is 2.63. The Bertz CT molecular complexity index is 983. The highest BCUT2D eigenvalue weighted by Gasteiger charge is 2.25. The number of hydrogen-bond donors (Lipinski definition) is 2. The summed E-state index contributed by atoms with van der Waals surface area (Å²) in [6.07, 6.45) is 0. The van der Waals surface area contributed by atoms with E-state index in [0.29, 0.717) is 11.3 Å². The molecule has 0 radical (unpaired) electrons. The van der Waals surface area contributed by atoms with Crippen molar-refractivity contribution in [2.45, 2.75) is 31.7 Å². The van der Waals surface area contributed by atoms with Crippen LogP contribution in [0.2, 0.25) is 0 Å². The first-order valence-corrected chi connectivity index (χ1v) is 10.7. The van der Waals surface area contributed by atoms with Gasteiger partial charge in [-0.15, -0.1) is 0 Å². The van der Waals surface area contributed by atoms with E-state index in [1.807, 2.05) is 32.9 Å². The number of hydrogen-bond acceptors (Lipinski definition) is 4. The molecule has 0 aliphatic heterocycles. The maximum atomic E-state index is 12.8. The Labute approximate surface area is 172 Å². The molecule has 1 unspecified atom stereocenters. The quantitative estimate of drug-likeness (QED) is 0.724. The van der Waals surface area contributed by atoms with Gasteiger partial charge >= 0.3 is 0 Å². The molecule has 8 heteroatoms. The molecule has 2 aromatic rings. The van der Waals surface area contributed by atoms with Crippen LogP contribution in [0, 0.1) is 12.8 Å². The average molecular weight is 418 g/mol. The predicted molar refractivity (Wildman–Crippen MR) is 113 cm³/mol. The summed E-state index contributed by atoms with van der Waals surface area (Å²) < 4.78 is 25.7. The third-order valence-corrected chi connectivity index (χ3v) is 6.24. The molecular weight excluding hydrogens is 390 g/mol. The lowest BCUT2D eigenvalue weighted by molar-refractivity contribution is -0.118. The summed E-state index contributed by atoms with van der Waals surface area (Å²) in [5, 5.41) is 5.46. The lowest BCUT2D eigenvalue weighted by atomic mass is 10.0. The fourth-order valence-corrected chi connectivity index (χ4v) is 3.58. The predicted octanol–water partition coefficient (Wildman–Crippen LogP) is 2.64. The van der Waals surface area contributed by atoms with Crippen LogP contribution in [0.1, 0.15) is 29.8 Å². The van der Waals surface area contributed by atoms with Crippen molar-refractivity contribution in [3.05, 3.63) is 59.7 Å². The molecule has 0 aromatic heterocycles. The van der Waals surface area contributed by atoms with Crippen LogP contribution in [0.3, 0.4) is 0 Å². The van der Waals surface area contributed by atoms with Crippen molar-refractivity contribution in [3.63, 3.8) is 0 Å². The van der Waals surface area contributed by atoms with Gasteiger partial charge in [-0.05, 0) is 43.2 Å². The van der Waals surface area contributed by atoms with Gasteiger partial charge in [-0.1, -0.05) is 37.6 Å². The highest BCUT2D eigenvalue weighted by molar-refractivity contribution is 7.89. The molecule has 2 amide bonds. The smallest absolute Gasteiger partial charge is 0.251 e. The zero-order valence-electron chi connectivity index (χ0n) is 17.3. The molecule has 0 aliphatic rings. The molecule has 0 saturated carbocycles. The standard InChI is InChI=1S/C21H27N3O4S/c1-14(2)19(23-20(25)16-11-9-15(3)10-12-16)21(26)22-17-7-6-8-18(13-17)29(27,28)24(4)5/h6-14,19H,1-5H3,(H,22,26)(H,23,25). The van der Waals surface area contributed by atoms with Gasteiger partial charge in [-0.25, -0.2) is 12.7 Å². The van der Waals surface area contributed by atoms with Gasteiger partial charge in [0.05, 0.1) is 4.90 Å². The number of amides is 2. The molecular formula is C21H27N3O4S. The van der Waals surface area contributed by atoms with E-state index in [2.05, 4.69) is 10.6 Å². The van der Waals surface area contributed by atoms with Crippen molar-refractivity contribution in [3.8, 4) is 0 Å². The zero-order valence-corrected chi connectivity index (χ0v) is 18.1. The number of carbonyl (C=O) groups is 2. The largest absolute Gasteiger partial charge is 0.340 e. The molecule has 2 aromatic carbocycles. The van der Waals surface area contributed by atoms with Crippen molar-refractivity contribution < 1.29 is 18.0 Å². The van der Waals surface area contributed by atoms with E-state index in [9.17, 15) is 18.0 Å². The van der Waals surface area contributed by atoms with Gasteiger partial charge in [0.1, 0.15) is 6.04 Å². The molecule has 0 bridgehead atoms. The van der Waals surface area contributed by atoms with E-state index in [-0.39, 0.29) is 16.7 Å². The van der Waals surface area contributed by atoms with Crippen LogP contribution >= 0.6 is 0 Å². The molecule has 7 nitrogen and oxygen atoms in total. The number of nitrogens with zero attached hydrogens (tertiary/aromatic N) is 1. The average Bonchev–Trinajstić information content (AvgIpc) is 2.66. The molecule has 0 aliphatic carbocycles. The van der Waals surface area contributed by atoms with Crippen molar-refractivity contribution >= 4 is 27.5 Å². The molecule has 0 heterocycles. The summed E-state index contributed by atoms with van der Waals surface area (Å²) in [5.74, 6) is -0.930. The first kappa shape index (κ1) is 22.6. The number of nitrogens with one attached hydrogen (secondary N) is 2. The summed E-state index contributed by atoms with van der Waals surface area (Å²) in [6.45, 7) is 5.58. The van der Waals surface area contributed by atoms with Gasteiger partial charge in [0.25, 0.3) is 5.91 Å². The number of carbonyl (C=O) groups excluding carboxylic acids is 2. The van der Waals surface area contributed by atoms with Gasteiger partial charge in [-0.2, -0.15) is 0 Å². The zero-order chi connectivity index (χ0) is 21.8. The van der Waals surface area contributed by atoms with Crippen molar-refractivity contribution in [2.24, 2.45) is 5.92 Å². The normalized spacial score (nSPS) is 12.7. The Balaban J connectivity index is 2.18. The molecule has 2 N–H and O–H groups in total. The number of anilines is 1. The second-order valence-electron chi connectivity index (χ2n) is 7.37. The van der Waals surface area contributed by atoms with Crippen molar-refractivity contribution in [2.75, 3.05) is 19.4 Å². The van der Waals surface area contributed by atoms with Crippen LogP contribution in [0.5, 0.6) is 0 Å². The third-order valence-electron chi connectivity index (χ3n) is 4.43. The minimum atomic E-state index is -3.62. The van der Waals surface area contributed by atoms with Gasteiger partial charge in [0.15, 0.2) is 0 Å². The molecule has 2 rings (SSSR count). The van der Waals surface area contributed by atoms with E-state index < -0.39 is 22.0 Å². The van der Waals surface area contributed by atoms with Crippen LogP contribution in [0.15, 0.2) is 53.4 Å². The van der Waals surface area contributed by atoms with Crippen LogP contribution < -0.4 is 10.6 Å². The summed E-state index contributed by atoms with van der Waals surface area (Å²) in [4.78, 5) is 25.4.